The molecule has 2 aromatic carbocycles. The van der Waals surface area contributed by atoms with Crippen molar-refractivity contribution < 1.29 is 19.1 Å². The van der Waals surface area contributed by atoms with Crippen molar-refractivity contribution in [3.05, 3.63) is 70.8 Å². The van der Waals surface area contributed by atoms with Gasteiger partial charge in [0.2, 0.25) is 11.8 Å². The molecule has 0 radical (unpaired) electrons. The van der Waals surface area contributed by atoms with Crippen LogP contribution in [0.25, 0.3) is 0 Å². The van der Waals surface area contributed by atoms with Gasteiger partial charge in [-0.2, -0.15) is 0 Å². The van der Waals surface area contributed by atoms with Gasteiger partial charge in [0.15, 0.2) is 0 Å². The lowest BCUT2D eigenvalue weighted by Gasteiger charge is -2.45. The summed E-state index contributed by atoms with van der Waals surface area (Å²) in [5.41, 5.74) is 2.11. The smallest absolute Gasteiger partial charge is 0.408 e. The van der Waals surface area contributed by atoms with E-state index in [2.05, 4.69) is 10.6 Å². The molecule has 0 fully saturated rings. The SMILES string of the molecule is CCC(C)(C)N(C(=O)C(Cc1ccccc1)NC(=O)OC(C)(C)C)C(C(=O)NC(C)C)c1cc(C)ccc1C. The summed E-state index contributed by atoms with van der Waals surface area (Å²) in [6, 6.07) is 13.5. The van der Waals surface area contributed by atoms with Crippen LogP contribution in [0.5, 0.6) is 0 Å². The van der Waals surface area contributed by atoms with Crippen molar-refractivity contribution in [2.75, 3.05) is 0 Å². The summed E-state index contributed by atoms with van der Waals surface area (Å²) in [6.45, 7) is 19.0. The van der Waals surface area contributed by atoms with E-state index in [-0.39, 0.29) is 24.3 Å². The summed E-state index contributed by atoms with van der Waals surface area (Å²) >= 11 is 0. The van der Waals surface area contributed by atoms with Crippen LogP contribution in [0.15, 0.2) is 48.5 Å². The van der Waals surface area contributed by atoms with Crippen LogP contribution in [-0.2, 0) is 20.7 Å². The van der Waals surface area contributed by atoms with Gasteiger partial charge in [0.05, 0.1) is 0 Å². The molecule has 2 aromatic rings. The van der Waals surface area contributed by atoms with E-state index in [1.807, 2.05) is 97.0 Å². The molecular formula is C32H47N3O4. The van der Waals surface area contributed by atoms with Crippen LogP contribution in [0.3, 0.4) is 0 Å². The van der Waals surface area contributed by atoms with E-state index in [4.69, 9.17) is 4.74 Å². The highest BCUT2D eigenvalue weighted by molar-refractivity contribution is 5.93. The number of carbonyl (C=O) groups is 3. The minimum atomic E-state index is -0.951. The molecule has 0 spiro atoms. The molecule has 2 N–H and O–H groups in total. The average molecular weight is 538 g/mol. The Morgan fingerprint density at radius 1 is 0.923 bits per heavy atom. The van der Waals surface area contributed by atoms with Gasteiger partial charge in [-0.05, 0) is 85.4 Å². The highest BCUT2D eigenvalue weighted by atomic mass is 16.6. The maximum atomic E-state index is 14.6. The van der Waals surface area contributed by atoms with Crippen molar-refractivity contribution in [3.8, 4) is 0 Å². The van der Waals surface area contributed by atoms with Crippen LogP contribution in [0.4, 0.5) is 4.79 Å². The molecule has 0 aromatic heterocycles. The topological polar surface area (TPSA) is 87.7 Å². The van der Waals surface area contributed by atoms with Crippen molar-refractivity contribution in [1.82, 2.24) is 15.5 Å². The van der Waals surface area contributed by atoms with Crippen molar-refractivity contribution in [1.29, 1.82) is 0 Å². The molecule has 2 rings (SSSR count). The lowest BCUT2D eigenvalue weighted by Crippen LogP contribution is -2.60. The summed E-state index contributed by atoms with van der Waals surface area (Å²) in [7, 11) is 0. The van der Waals surface area contributed by atoms with E-state index in [0.29, 0.717) is 6.42 Å². The van der Waals surface area contributed by atoms with Gasteiger partial charge in [0.1, 0.15) is 17.7 Å². The Labute approximate surface area is 234 Å². The zero-order valence-electron chi connectivity index (χ0n) is 25.3. The number of hydrogen-bond acceptors (Lipinski definition) is 4. The number of amides is 3. The number of ether oxygens (including phenoxy) is 1. The Bertz CT molecular complexity index is 1140. The Morgan fingerprint density at radius 2 is 1.54 bits per heavy atom. The van der Waals surface area contributed by atoms with Gasteiger partial charge in [-0.25, -0.2) is 4.79 Å². The number of alkyl carbamates (subject to hydrolysis) is 1. The number of carbonyl (C=O) groups excluding carboxylic acids is 3. The molecule has 3 amide bonds. The summed E-state index contributed by atoms with van der Waals surface area (Å²) < 4.78 is 5.53. The lowest BCUT2D eigenvalue weighted by atomic mass is 9.89. The van der Waals surface area contributed by atoms with E-state index >= 15 is 0 Å². The van der Waals surface area contributed by atoms with Crippen molar-refractivity contribution in [3.63, 3.8) is 0 Å². The van der Waals surface area contributed by atoms with E-state index in [1.54, 1.807) is 25.7 Å². The first kappa shape index (κ1) is 31.9. The fourth-order valence-electron chi connectivity index (χ4n) is 4.43. The van der Waals surface area contributed by atoms with Crippen LogP contribution in [-0.4, -0.2) is 46.0 Å². The molecule has 0 bridgehead atoms. The van der Waals surface area contributed by atoms with Gasteiger partial charge in [-0.15, -0.1) is 0 Å². The van der Waals surface area contributed by atoms with Gasteiger partial charge >= 0.3 is 6.09 Å². The molecule has 0 saturated heterocycles. The number of rotatable bonds is 10. The monoisotopic (exact) mass is 537 g/mol. The molecule has 7 nitrogen and oxygen atoms in total. The predicted octanol–water partition coefficient (Wildman–Crippen LogP) is 6.02. The molecule has 214 valence electrons. The summed E-state index contributed by atoms with van der Waals surface area (Å²) in [6.07, 6.45) is 0.168. The molecular weight excluding hydrogens is 490 g/mol. The number of aryl methyl sites for hydroxylation is 2. The van der Waals surface area contributed by atoms with E-state index in [0.717, 1.165) is 22.3 Å². The predicted molar refractivity (Wildman–Crippen MR) is 156 cm³/mol. The first-order valence-corrected chi connectivity index (χ1v) is 13.8. The second-order valence-electron chi connectivity index (χ2n) is 12.2. The third-order valence-electron chi connectivity index (χ3n) is 6.69. The fourth-order valence-corrected chi connectivity index (χ4v) is 4.43. The maximum absolute atomic E-state index is 14.6. The fraction of sp³-hybridized carbons (Fsp3) is 0.531. The standard InChI is InChI=1S/C32H47N3O4/c1-11-32(9,10)35(27(28(36)33-21(2)3)25-19-22(4)17-18-23(25)5)29(37)26(20-24-15-13-12-14-16-24)34-30(38)39-31(6,7)8/h12-19,21,26-27H,11,20H2,1-10H3,(H,33,36)(H,34,38). The normalized spacial score (nSPS) is 13.4. The summed E-state index contributed by atoms with van der Waals surface area (Å²) in [5, 5.41) is 5.86. The highest BCUT2D eigenvalue weighted by Gasteiger charge is 2.43. The van der Waals surface area contributed by atoms with Gasteiger partial charge in [-0.1, -0.05) is 61.0 Å². The maximum Gasteiger partial charge on any atom is 0.408 e. The molecule has 0 aliphatic rings. The molecule has 2 unspecified atom stereocenters. The highest BCUT2D eigenvalue weighted by Crippen LogP contribution is 2.34. The molecule has 39 heavy (non-hydrogen) atoms. The average Bonchev–Trinajstić information content (AvgIpc) is 2.82. The second kappa shape index (κ2) is 13.1. The lowest BCUT2D eigenvalue weighted by molar-refractivity contribution is -0.149. The number of nitrogens with one attached hydrogen (secondary N) is 2. The van der Waals surface area contributed by atoms with Gasteiger partial charge in [0.25, 0.3) is 0 Å². The zero-order chi connectivity index (χ0) is 29.5. The zero-order valence-corrected chi connectivity index (χ0v) is 25.3. The van der Waals surface area contributed by atoms with E-state index < -0.39 is 29.3 Å². The Hall–Kier alpha value is -3.35. The largest absolute Gasteiger partial charge is 0.444 e. The Kier molecular flexibility index (Phi) is 10.7. The van der Waals surface area contributed by atoms with Crippen LogP contribution in [0, 0.1) is 13.8 Å². The van der Waals surface area contributed by atoms with E-state index in [1.165, 1.54) is 0 Å². The van der Waals surface area contributed by atoms with E-state index in [9.17, 15) is 14.4 Å². The molecule has 7 heteroatoms. The summed E-state index contributed by atoms with van der Waals surface area (Å²) in [5.74, 6) is -0.606. The van der Waals surface area contributed by atoms with Gasteiger partial charge in [-0.3, -0.25) is 9.59 Å². The third kappa shape index (κ3) is 9.12. The number of hydrogen-bond donors (Lipinski definition) is 2. The van der Waals surface area contributed by atoms with Gasteiger partial charge < -0.3 is 20.3 Å². The molecule has 0 saturated carbocycles. The molecule has 2 atom stereocenters. The van der Waals surface area contributed by atoms with Crippen LogP contribution in [0.2, 0.25) is 0 Å². The number of benzene rings is 2. The van der Waals surface area contributed by atoms with Crippen LogP contribution >= 0.6 is 0 Å². The van der Waals surface area contributed by atoms with Gasteiger partial charge in [0, 0.05) is 18.0 Å². The Morgan fingerprint density at radius 3 is 2.08 bits per heavy atom. The molecule has 0 aliphatic carbocycles. The van der Waals surface area contributed by atoms with Crippen LogP contribution < -0.4 is 10.6 Å². The third-order valence-corrected chi connectivity index (χ3v) is 6.69. The van der Waals surface area contributed by atoms with Crippen molar-refractivity contribution in [2.24, 2.45) is 0 Å². The first-order chi connectivity index (χ1) is 18.1. The quantitative estimate of drug-likeness (QED) is 0.388. The summed E-state index contributed by atoms with van der Waals surface area (Å²) in [4.78, 5) is 43.1. The minimum absolute atomic E-state index is 0.119. The Balaban J connectivity index is 2.70. The second-order valence-corrected chi connectivity index (χ2v) is 12.2. The molecule has 0 aliphatic heterocycles. The minimum Gasteiger partial charge on any atom is -0.444 e. The number of nitrogens with zero attached hydrogens (tertiary/aromatic N) is 1. The van der Waals surface area contributed by atoms with Crippen LogP contribution in [0.1, 0.15) is 90.1 Å². The van der Waals surface area contributed by atoms with Crippen molar-refractivity contribution >= 4 is 17.9 Å². The first-order valence-electron chi connectivity index (χ1n) is 13.8. The molecule has 0 heterocycles. The van der Waals surface area contributed by atoms with Crippen molar-refractivity contribution in [2.45, 2.75) is 111 Å².